The van der Waals surface area contributed by atoms with Gasteiger partial charge in [0.05, 0.1) is 16.3 Å². The average Bonchev–Trinajstić information content (AvgIpc) is 3.02. The van der Waals surface area contributed by atoms with Crippen LogP contribution in [0.2, 0.25) is 10.0 Å². The van der Waals surface area contributed by atoms with Gasteiger partial charge in [0, 0.05) is 10.0 Å². The number of hydrogen-bond acceptors (Lipinski definition) is 3. The molecule has 156 valence electrons. The van der Waals surface area contributed by atoms with Gasteiger partial charge in [-0.3, -0.25) is 9.69 Å². The molecule has 0 bridgehead atoms. The van der Waals surface area contributed by atoms with Crippen LogP contribution in [-0.4, -0.2) is 11.1 Å². The predicted molar refractivity (Wildman–Crippen MR) is 129 cm³/mol. The van der Waals surface area contributed by atoms with E-state index >= 15 is 0 Å². The number of aryl methyl sites for hydroxylation is 2. The number of amidine groups is 1. The van der Waals surface area contributed by atoms with Crippen molar-refractivity contribution in [3.8, 4) is 0 Å². The van der Waals surface area contributed by atoms with Crippen molar-refractivity contribution in [3.05, 3.63) is 98.1 Å². The Balaban J connectivity index is 1.81. The SMILES string of the molecule is Cc1ccc(N=C2S/C(=C\c3cccc(F)c3)C(=O)N2c2ccc(C)c(Cl)c2)cc1Cl. The number of rotatable bonds is 3. The summed E-state index contributed by atoms with van der Waals surface area (Å²) in [5.74, 6) is -0.624. The highest BCUT2D eigenvalue weighted by molar-refractivity contribution is 8.19. The van der Waals surface area contributed by atoms with Crippen molar-refractivity contribution in [3.63, 3.8) is 0 Å². The largest absolute Gasteiger partial charge is 0.271 e. The molecule has 0 spiro atoms. The third-order valence-electron chi connectivity index (χ3n) is 4.75. The van der Waals surface area contributed by atoms with Gasteiger partial charge >= 0.3 is 0 Å². The maximum Gasteiger partial charge on any atom is 0.271 e. The van der Waals surface area contributed by atoms with Crippen LogP contribution in [0.15, 0.2) is 70.6 Å². The van der Waals surface area contributed by atoms with Crippen molar-refractivity contribution in [2.24, 2.45) is 4.99 Å². The highest BCUT2D eigenvalue weighted by Crippen LogP contribution is 2.38. The topological polar surface area (TPSA) is 32.7 Å². The molecule has 0 radical (unpaired) electrons. The van der Waals surface area contributed by atoms with E-state index in [-0.39, 0.29) is 11.7 Å². The fourth-order valence-electron chi connectivity index (χ4n) is 3.01. The van der Waals surface area contributed by atoms with Gasteiger partial charge in [-0.15, -0.1) is 0 Å². The molecule has 7 heteroatoms. The number of thioether (sulfide) groups is 1. The lowest BCUT2D eigenvalue weighted by Crippen LogP contribution is -2.28. The molecule has 1 aliphatic heterocycles. The van der Waals surface area contributed by atoms with Crippen LogP contribution in [0.25, 0.3) is 6.08 Å². The van der Waals surface area contributed by atoms with Crippen molar-refractivity contribution >= 4 is 63.5 Å². The summed E-state index contributed by atoms with van der Waals surface area (Å²) in [5.41, 5.74) is 3.67. The zero-order chi connectivity index (χ0) is 22.1. The fourth-order valence-corrected chi connectivity index (χ4v) is 4.36. The molecule has 0 unspecified atom stereocenters. The average molecular weight is 471 g/mol. The molecule has 0 aliphatic carbocycles. The van der Waals surface area contributed by atoms with E-state index in [1.54, 1.807) is 30.3 Å². The van der Waals surface area contributed by atoms with E-state index < -0.39 is 0 Å². The summed E-state index contributed by atoms with van der Waals surface area (Å²) in [7, 11) is 0. The number of hydrogen-bond donors (Lipinski definition) is 0. The lowest BCUT2D eigenvalue weighted by Gasteiger charge is -2.16. The summed E-state index contributed by atoms with van der Waals surface area (Å²) in [4.78, 5) is 19.9. The van der Waals surface area contributed by atoms with Crippen molar-refractivity contribution in [2.75, 3.05) is 4.90 Å². The maximum atomic E-state index is 13.6. The first-order valence-electron chi connectivity index (χ1n) is 9.42. The van der Waals surface area contributed by atoms with Crippen LogP contribution in [0.1, 0.15) is 16.7 Å². The molecule has 31 heavy (non-hydrogen) atoms. The Morgan fingerprint density at radius 1 is 0.968 bits per heavy atom. The first-order chi connectivity index (χ1) is 14.8. The van der Waals surface area contributed by atoms with Crippen LogP contribution in [0.5, 0.6) is 0 Å². The molecular formula is C24H17Cl2FN2OS. The summed E-state index contributed by atoms with van der Waals surface area (Å²) >= 11 is 13.8. The smallest absolute Gasteiger partial charge is 0.268 e. The van der Waals surface area contributed by atoms with E-state index in [0.29, 0.717) is 37.1 Å². The highest BCUT2D eigenvalue weighted by Gasteiger charge is 2.35. The molecule has 0 N–H and O–H groups in total. The van der Waals surface area contributed by atoms with E-state index in [1.165, 1.54) is 28.8 Å². The van der Waals surface area contributed by atoms with Gasteiger partial charge in [0.25, 0.3) is 5.91 Å². The Hall–Kier alpha value is -2.60. The van der Waals surface area contributed by atoms with Gasteiger partial charge in [0.2, 0.25) is 0 Å². The molecule has 1 heterocycles. The van der Waals surface area contributed by atoms with E-state index in [9.17, 15) is 9.18 Å². The van der Waals surface area contributed by atoms with Crippen LogP contribution >= 0.6 is 35.0 Å². The number of carbonyl (C=O) groups is 1. The standard InChI is InChI=1S/C24H17Cl2FN2OS/c1-14-6-8-18(12-20(14)25)28-24-29(19-9-7-15(2)21(26)13-19)23(30)22(31-24)11-16-4-3-5-17(27)10-16/h3-13H,1-2H3/b22-11-,28-24?. The summed E-state index contributed by atoms with van der Waals surface area (Å²) in [6.45, 7) is 3.80. The molecular weight excluding hydrogens is 454 g/mol. The normalized spacial score (nSPS) is 16.5. The fraction of sp³-hybridized carbons (Fsp3) is 0.0833. The Bertz CT molecular complexity index is 1260. The molecule has 0 saturated carbocycles. The zero-order valence-corrected chi connectivity index (χ0v) is 19.0. The van der Waals surface area contributed by atoms with Gasteiger partial charge in [-0.2, -0.15) is 0 Å². The second-order valence-electron chi connectivity index (χ2n) is 7.07. The van der Waals surface area contributed by atoms with Crippen LogP contribution in [0.3, 0.4) is 0 Å². The zero-order valence-electron chi connectivity index (χ0n) is 16.7. The minimum atomic E-state index is -0.366. The van der Waals surface area contributed by atoms with E-state index in [2.05, 4.69) is 4.99 Å². The molecule has 3 aromatic carbocycles. The lowest BCUT2D eigenvalue weighted by molar-refractivity contribution is -0.113. The van der Waals surface area contributed by atoms with Crippen molar-refractivity contribution in [2.45, 2.75) is 13.8 Å². The molecule has 1 fully saturated rings. The van der Waals surface area contributed by atoms with Gasteiger partial charge in [-0.25, -0.2) is 9.38 Å². The van der Waals surface area contributed by atoms with E-state index in [1.807, 2.05) is 38.1 Å². The first kappa shape index (κ1) is 21.6. The molecule has 1 aliphatic rings. The molecule has 1 saturated heterocycles. The monoisotopic (exact) mass is 470 g/mol. The van der Waals surface area contributed by atoms with E-state index in [0.717, 1.165) is 11.1 Å². The first-order valence-corrected chi connectivity index (χ1v) is 11.0. The minimum Gasteiger partial charge on any atom is -0.268 e. The molecule has 1 amide bonds. The third kappa shape index (κ3) is 4.69. The Morgan fingerprint density at radius 2 is 1.68 bits per heavy atom. The quantitative estimate of drug-likeness (QED) is 0.370. The van der Waals surface area contributed by atoms with Gasteiger partial charge in [-0.05, 0) is 84.8 Å². The van der Waals surface area contributed by atoms with Gasteiger partial charge < -0.3 is 0 Å². The second-order valence-corrected chi connectivity index (χ2v) is 8.89. The highest BCUT2D eigenvalue weighted by atomic mass is 35.5. The predicted octanol–water partition coefficient (Wildman–Crippen LogP) is 7.56. The minimum absolute atomic E-state index is 0.258. The molecule has 3 nitrogen and oxygen atoms in total. The summed E-state index contributed by atoms with van der Waals surface area (Å²) < 4.78 is 13.6. The summed E-state index contributed by atoms with van der Waals surface area (Å²) in [5, 5.41) is 1.61. The Kier molecular flexibility index (Phi) is 6.19. The number of benzene rings is 3. The lowest BCUT2D eigenvalue weighted by atomic mass is 10.2. The number of nitrogens with zero attached hydrogens (tertiary/aromatic N) is 2. The molecule has 0 aromatic heterocycles. The van der Waals surface area contributed by atoms with Crippen molar-refractivity contribution in [1.29, 1.82) is 0 Å². The van der Waals surface area contributed by atoms with Crippen LogP contribution < -0.4 is 4.90 Å². The van der Waals surface area contributed by atoms with Crippen LogP contribution in [0.4, 0.5) is 15.8 Å². The Morgan fingerprint density at radius 3 is 2.35 bits per heavy atom. The van der Waals surface area contributed by atoms with Crippen LogP contribution in [-0.2, 0) is 4.79 Å². The number of halogens is 3. The number of carbonyl (C=O) groups excluding carboxylic acids is 1. The van der Waals surface area contributed by atoms with Crippen molar-refractivity contribution < 1.29 is 9.18 Å². The summed E-state index contributed by atoms with van der Waals surface area (Å²) in [6.07, 6.45) is 1.66. The van der Waals surface area contributed by atoms with Gasteiger partial charge in [-0.1, -0.05) is 47.5 Å². The Labute approximate surface area is 194 Å². The molecule has 0 atom stereocenters. The number of aliphatic imine (C=N–C) groups is 1. The van der Waals surface area contributed by atoms with Crippen LogP contribution in [0, 0.1) is 19.7 Å². The number of anilines is 1. The van der Waals surface area contributed by atoms with Gasteiger partial charge in [0.15, 0.2) is 5.17 Å². The van der Waals surface area contributed by atoms with Gasteiger partial charge in [0.1, 0.15) is 5.82 Å². The third-order valence-corrected chi connectivity index (χ3v) is 6.53. The van der Waals surface area contributed by atoms with Crippen molar-refractivity contribution in [1.82, 2.24) is 0 Å². The van der Waals surface area contributed by atoms with E-state index in [4.69, 9.17) is 23.2 Å². The second kappa shape index (κ2) is 8.87. The maximum absolute atomic E-state index is 13.6. The molecule has 3 aromatic rings. The summed E-state index contributed by atoms with van der Waals surface area (Å²) in [6, 6.07) is 17.0. The molecule has 4 rings (SSSR count). The number of amides is 1.